The maximum Gasteiger partial charge on any atom is 0.218 e. The third-order valence-electron chi connectivity index (χ3n) is 1.74. The van der Waals surface area contributed by atoms with Crippen LogP contribution >= 0.6 is 0 Å². The van der Waals surface area contributed by atoms with Crippen LogP contribution in [0.3, 0.4) is 0 Å². The van der Waals surface area contributed by atoms with Crippen LogP contribution in [0.15, 0.2) is 0 Å². The fourth-order valence-corrected chi connectivity index (χ4v) is 1.74. The Bertz CT molecular complexity index is 110. The zero-order chi connectivity index (χ0) is 10.1. The Hall–Kier alpha value is 0.0569. The first-order valence-corrected chi connectivity index (χ1v) is 6.38. The highest BCUT2D eigenvalue weighted by Gasteiger charge is 2.15. The molecule has 0 aliphatic carbocycles. The summed E-state index contributed by atoms with van der Waals surface area (Å²) >= 11 is 0. The van der Waals surface area contributed by atoms with E-state index >= 15 is 0 Å². The van der Waals surface area contributed by atoms with E-state index in [0.717, 1.165) is 23.0 Å². The molecule has 0 radical (unpaired) electrons. The van der Waals surface area contributed by atoms with Gasteiger partial charge in [0.1, 0.15) is 0 Å². The Morgan fingerprint density at radius 3 is 2.15 bits per heavy atom. The molecule has 80 valence electrons. The van der Waals surface area contributed by atoms with Gasteiger partial charge >= 0.3 is 0 Å². The summed E-state index contributed by atoms with van der Waals surface area (Å²) in [4.78, 5) is 2.14. The summed E-state index contributed by atoms with van der Waals surface area (Å²) < 4.78 is 10.9. The average Bonchev–Trinajstić information content (AvgIpc) is 2.14. The fourth-order valence-electron chi connectivity index (χ4n) is 1.12. The SMILES string of the molecule is CCOC(OCC)N(C[SiH3])CCN. The molecule has 0 aromatic carbocycles. The van der Waals surface area contributed by atoms with Crippen molar-refractivity contribution < 1.29 is 9.47 Å². The van der Waals surface area contributed by atoms with Crippen molar-refractivity contribution in [1.29, 1.82) is 0 Å². The minimum atomic E-state index is -0.198. The molecule has 0 unspecified atom stereocenters. The molecule has 0 aliphatic rings. The summed E-state index contributed by atoms with van der Waals surface area (Å²) in [6, 6.07) is 0. The summed E-state index contributed by atoms with van der Waals surface area (Å²) in [6.45, 7) is 6.78. The third kappa shape index (κ3) is 5.38. The van der Waals surface area contributed by atoms with Gasteiger partial charge in [0.15, 0.2) is 0 Å². The van der Waals surface area contributed by atoms with Crippen molar-refractivity contribution in [1.82, 2.24) is 4.90 Å². The highest BCUT2D eigenvalue weighted by Crippen LogP contribution is 2.01. The van der Waals surface area contributed by atoms with Gasteiger partial charge in [-0.15, -0.1) is 0 Å². The molecule has 0 bridgehead atoms. The van der Waals surface area contributed by atoms with E-state index in [9.17, 15) is 0 Å². The van der Waals surface area contributed by atoms with Crippen LogP contribution in [0.2, 0.25) is 0 Å². The smallest absolute Gasteiger partial charge is 0.218 e. The maximum atomic E-state index is 5.50. The molecule has 0 rings (SSSR count). The molecule has 0 aliphatic heterocycles. The van der Waals surface area contributed by atoms with E-state index in [1.54, 1.807) is 0 Å². The van der Waals surface area contributed by atoms with Crippen molar-refractivity contribution in [3.63, 3.8) is 0 Å². The van der Waals surface area contributed by atoms with Crippen LogP contribution in [0, 0.1) is 0 Å². The second kappa shape index (κ2) is 8.65. The topological polar surface area (TPSA) is 47.7 Å². The largest absolute Gasteiger partial charge is 0.340 e. The van der Waals surface area contributed by atoms with Crippen molar-refractivity contribution in [3.05, 3.63) is 0 Å². The van der Waals surface area contributed by atoms with Crippen LogP contribution < -0.4 is 5.73 Å². The van der Waals surface area contributed by atoms with Crippen molar-refractivity contribution in [2.45, 2.75) is 20.3 Å². The van der Waals surface area contributed by atoms with E-state index in [2.05, 4.69) is 4.90 Å². The quantitative estimate of drug-likeness (QED) is 0.406. The van der Waals surface area contributed by atoms with E-state index in [-0.39, 0.29) is 6.41 Å². The van der Waals surface area contributed by atoms with Gasteiger partial charge in [0.2, 0.25) is 6.41 Å². The van der Waals surface area contributed by atoms with Crippen LogP contribution in [-0.4, -0.2) is 54.0 Å². The van der Waals surface area contributed by atoms with Crippen molar-refractivity contribution in [3.8, 4) is 0 Å². The Labute approximate surface area is 83.8 Å². The minimum absolute atomic E-state index is 0.198. The Morgan fingerprint density at radius 2 is 1.85 bits per heavy atom. The predicted molar refractivity (Wildman–Crippen MR) is 57.6 cm³/mol. The first-order valence-electron chi connectivity index (χ1n) is 4.97. The molecule has 0 atom stereocenters. The van der Waals surface area contributed by atoms with Gasteiger partial charge in [-0.2, -0.15) is 0 Å². The molecule has 2 N–H and O–H groups in total. The predicted octanol–water partition coefficient (Wildman–Crippen LogP) is -1.07. The molecule has 5 heteroatoms. The number of hydrogen-bond acceptors (Lipinski definition) is 4. The number of nitrogens with zero attached hydrogens (tertiary/aromatic N) is 1. The molecule has 0 aromatic heterocycles. The second-order valence-corrected chi connectivity index (χ2v) is 3.27. The lowest BCUT2D eigenvalue weighted by atomic mass is 10.6. The second-order valence-electron chi connectivity index (χ2n) is 2.63. The monoisotopic (exact) mass is 206 g/mol. The Morgan fingerprint density at radius 1 is 1.31 bits per heavy atom. The Kier molecular flexibility index (Phi) is 8.68. The summed E-state index contributed by atoms with van der Waals surface area (Å²) in [5, 5.41) is 0. The van der Waals surface area contributed by atoms with Crippen molar-refractivity contribution in [2.24, 2.45) is 5.73 Å². The number of hydrogen-bond donors (Lipinski definition) is 1. The van der Waals surface area contributed by atoms with Gasteiger partial charge in [0.25, 0.3) is 0 Å². The number of nitrogens with two attached hydrogens (primary N) is 1. The van der Waals surface area contributed by atoms with Gasteiger partial charge in [0, 0.05) is 36.5 Å². The lowest BCUT2D eigenvalue weighted by Gasteiger charge is -2.29. The maximum absolute atomic E-state index is 5.50. The first-order chi connectivity index (χ1) is 6.29. The number of rotatable bonds is 8. The van der Waals surface area contributed by atoms with Crippen LogP contribution in [0.1, 0.15) is 13.8 Å². The molecular weight excluding hydrogens is 184 g/mol. The van der Waals surface area contributed by atoms with Gasteiger partial charge in [0.05, 0.1) is 0 Å². The highest BCUT2D eigenvalue weighted by molar-refractivity contribution is 6.08. The van der Waals surface area contributed by atoms with Gasteiger partial charge in [-0.25, -0.2) is 0 Å². The first kappa shape index (κ1) is 13.1. The Balaban J connectivity index is 3.94. The van der Waals surface area contributed by atoms with Gasteiger partial charge in [-0.05, 0) is 20.0 Å². The number of ether oxygens (including phenoxy) is 2. The molecule has 0 heterocycles. The summed E-state index contributed by atoms with van der Waals surface area (Å²) in [7, 11) is 1.11. The zero-order valence-corrected chi connectivity index (χ0v) is 11.0. The molecular formula is C8H22N2O2Si. The van der Waals surface area contributed by atoms with Crippen LogP contribution in [0.25, 0.3) is 0 Å². The zero-order valence-electron chi connectivity index (χ0n) is 8.95. The van der Waals surface area contributed by atoms with Crippen molar-refractivity contribution in [2.75, 3.05) is 32.5 Å². The molecule has 0 amide bonds. The van der Waals surface area contributed by atoms with Crippen LogP contribution in [-0.2, 0) is 9.47 Å². The van der Waals surface area contributed by atoms with E-state index < -0.39 is 0 Å². The summed E-state index contributed by atoms with van der Waals surface area (Å²) in [6.07, 6.45) is 0.832. The third-order valence-corrected chi connectivity index (χ3v) is 2.55. The van der Waals surface area contributed by atoms with Crippen LogP contribution in [0.4, 0.5) is 0 Å². The minimum Gasteiger partial charge on any atom is -0.340 e. The molecule has 0 fully saturated rings. The van der Waals surface area contributed by atoms with E-state index in [4.69, 9.17) is 15.2 Å². The molecule has 4 nitrogen and oxygen atoms in total. The lowest BCUT2D eigenvalue weighted by molar-refractivity contribution is -0.214. The molecule has 0 saturated carbocycles. The normalized spacial score (nSPS) is 11.8. The van der Waals surface area contributed by atoms with E-state index in [1.165, 1.54) is 0 Å². The van der Waals surface area contributed by atoms with E-state index in [0.29, 0.717) is 19.8 Å². The summed E-state index contributed by atoms with van der Waals surface area (Å²) in [5.74, 6) is 0. The fraction of sp³-hybridized carbons (Fsp3) is 1.00. The van der Waals surface area contributed by atoms with Crippen LogP contribution in [0.5, 0.6) is 0 Å². The molecule has 0 aromatic rings. The van der Waals surface area contributed by atoms with Gasteiger partial charge < -0.3 is 15.2 Å². The standard InChI is InChI=1S/C8H22N2O2Si/c1-3-11-8(12-4-2)10(7-13)6-5-9/h8H,3-7,9H2,1-2,13H3. The lowest BCUT2D eigenvalue weighted by Crippen LogP contribution is -2.43. The van der Waals surface area contributed by atoms with Gasteiger partial charge in [-0.3, -0.25) is 4.90 Å². The van der Waals surface area contributed by atoms with E-state index in [1.807, 2.05) is 13.8 Å². The summed E-state index contributed by atoms with van der Waals surface area (Å²) in [5.41, 5.74) is 5.50. The highest BCUT2D eigenvalue weighted by atomic mass is 28.1. The molecule has 13 heavy (non-hydrogen) atoms. The van der Waals surface area contributed by atoms with Gasteiger partial charge in [-0.1, -0.05) is 0 Å². The van der Waals surface area contributed by atoms with Crippen molar-refractivity contribution >= 4 is 10.2 Å². The average molecular weight is 206 g/mol. The molecule has 0 saturated heterocycles. The molecule has 0 spiro atoms.